The highest BCUT2D eigenvalue weighted by Gasteiger charge is 2.32. The fourth-order valence-corrected chi connectivity index (χ4v) is 1.44. The van der Waals surface area contributed by atoms with Crippen molar-refractivity contribution in [2.75, 3.05) is 0 Å². The van der Waals surface area contributed by atoms with Crippen LogP contribution in [0.25, 0.3) is 0 Å². The van der Waals surface area contributed by atoms with Crippen molar-refractivity contribution >= 4 is 11.5 Å². The van der Waals surface area contributed by atoms with Gasteiger partial charge in [-0.3, -0.25) is 0 Å². The van der Waals surface area contributed by atoms with Gasteiger partial charge in [0.2, 0.25) is 0 Å². The van der Waals surface area contributed by atoms with E-state index >= 15 is 0 Å². The molecule has 1 atom stereocenters. The van der Waals surface area contributed by atoms with E-state index in [2.05, 4.69) is 9.59 Å². The first kappa shape index (κ1) is 6.24. The first-order chi connectivity index (χ1) is 4.88. The summed E-state index contributed by atoms with van der Waals surface area (Å²) in [5.74, 6) is 0.462. The third kappa shape index (κ3) is 1.04. The maximum absolute atomic E-state index is 9.45. The molecule has 10 heavy (non-hydrogen) atoms. The maximum atomic E-state index is 9.45. The molecule has 3 nitrogen and oxygen atoms in total. The summed E-state index contributed by atoms with van der Waals surface area (Å²) >= 11 is 1.29. The van der Waals surface area contributed by atoms with Crippen molar-refractivity contribution in [3.05, 3.63) is 11.1 Å². The molecule has 2 rings (SSSR count). The standard InChI is InChI=1S/C6H8N2OS/c9-6(4-1-2-4)5-3-10-8-7-5/h3-4,6,9H,1-2H2. The Balaban J connectivity index is 2.11. The highest BCUT2D eigenvalue weighted by Crippen LogP contribution is 2.40. The molecule has 1 saturated carbocycles. The molecule has 1 N–H and O–H groups in total. The highest BCUT2D eigenvalue weighted by atomic mass is 32.1. The van der Waals surface area contributed by atoms with Crippen molar-refractivity contribution in [1.29, 1.82) is 0 Å². The summed E-state index contributed by atoms with van der Waals surface area (Å²) in [5, 5.41) is 15.1. The monoisotopic (exact) mass is 156 g/mol. The van der Waals surface area contributed by atoms with E-state index in [9.17, 15) is 5.11 Å². The van der Waals surface area contributed by atoms with Crippen molar-refractivity contribution in [2.45, 2.75) is 18.9 Å². The molecule has 0 spiro atoms. The van der Waals surface area contributed by atoms with Crippen LogP contribution in [-0.2, 0) is 0 Å². The number of aromatic nitrogens is 2. The van der Waals surface area contributed by atoms with E-state index in [-0.39, 0.29) is 6.10 Å². The van der Waals surface area contributed by atoms with Crippen molar-refractivity contribution in [3.8, 4) is 0 Å². The Labute approximate surface area is 62.9 Å². The van der Waals surface area contributed by atoms with Crippen LogP contribution in [0.1, 0.15) is 24.6 Å². The van der Waals surface area contributed by atoms with E-state index in [4.69, 9.17) is 0 Å². The summed E-state index contributed by atoms with van der Waals surface area (Å²) in [6.45, 7) is 0. The lowest BCUT2D eigenvalue weighted by molar-refractivity contribution is 0.149. The van der Waals surface area contributed by atoms with Gasteiger partial charge >= 0.3 is 0 Å². The SMILES string of the molecule is OC(c1csnn1)C1CC1. The van der Waals surface area contributed by atoms with Gasteiger partial charge in [0, 0.05) is 5.38 Å². The predicted octanol–water partition coefficient (Wildman–Crippen LogP) is 0.982. The average Bonchev–Trinajstić information content (AvgIpc) is 2.65. The number of hydrogen-bond donors (Lipinski definition) is 1. The van der Waals surface area contributed by atoms with Crippen molar-refractivity contribution < 1.29 is 5.11 Å². The quantitative estimate of drug-likeness (QED) is 0.694. The zero-order valence-corrected chi connectivity index (χ0v) is 6.21. The second-order valence-electron chi connectivity index (χ2n) is 2.61. The molecule has 1 aliphatic carbocycles. The van der Waals surface area contributed by atoms with Crippen LogP contribution in [0.2, 0.25) is 0 Å². The van der Waals surface area contributed by atoms with Crippen LogP contribution in [0.3, 0.4) is 0 Å². The molecule has 0 aromatic carbocycles. The third-order valence-corrected chi connectivity index (χ3v) is 2.27. The molecule has 1 aromatic heterocycles. The van der Waals surface area contributed by atoms with Gasteiger partial charge in [-0.05, 0) is 30.3 Å². The van der Waals surface area contributed by atoms with E-state index < -0.39 is 0 Å². The molecule has 4 heteroatoms. The predicted molar refractivity (Wildman–Crippen MR) is 37.6 cm³/mol. The Morgan fingerprint density at radius 3 is 3.00 bits per heavy atom. The first-order valence-corrected chi connectivity index (χ1v) is 4.16. The largest absolute Gasteiger partial charge is 0.386 e. The Morgan fingerprint density at radius 2 is 2.50 bits per heavy atom. The van der Waals surface area contributed by atoms with Crippen LogP contribution in [0.15, 0.2) is 5.38 Å². The summed E-state index contributed by atoms with van der Waals surface area (Å²) in [6, 6.07) is 0. The van der Waals surface area contributed by atoms with E-state index in [1.807, 2.05) is 5.38 Å². The minimum absolute atomic E-state index is 0.348. The fourth-order valence-electron chi connectivity index (χ4n) is 0.954. The molecule has 0 aliphatic heterocycles. The Kier molecular flexibility index (Phi) is 1.43. The lowest BCUT2D eigenvalue weighted by Crippen LogP contribution is -1.99. The van der Waals surface area contributed by atoms with E-state index in [1.54, 1.807) is 0 Å². The van der Waals surface area contributed by atoms with Crippen LogP contribution < -0.4 is 0 Å². The Bertz CT molecular complexity index is 208. The van der Waals surface area contributed by atoms with Crippen molar-refractivity contribution in [2.24, 2.45) is 5.92 Å². The molecule has 1 fully saturated rings. The summed E-state index contributed by atoms with van der Waals surface area (Å²) in [7, 11) is 0. The van der Waals surface area contributed by atoms with Gasteiger partial charge < -0.3 is 5.11 Å². The zero-order chi connectivity index (χ0) is 6.97. The molecule has 0 bridgehead atoms. The zero-order valence-electron chi connectivity index (χ0n) is 5.40. The van der Waals surface area contributed by atoms with E-state index in [1.165, 1.54) is 11.5 Å². The smallest absolute Gasteiger partial charge is 0.104 e. The minimum Gasteiger partial charge on any atom is -0.386 e. The summed E-state index contributed by atoms with van der Waals surface area (Å²) in [4.78, 5) is 0. The number of rotatable bonds is 2. The summed E-state index contributed by atoms with van der Waals surface area (Å²) < 4.78 is 3.69. The summed E-state index contributed by atoms with van der Waals surface area (Å²) in [5.41, 5.74) is 0.743. The van der Waals surface area contributed by atoms with Gasteiger partial charge in [0.1, 0.15) is 11.8 Å². The van der Waals surface area contributed by atoms with Gasteiger partial charge in [0.25, 0.3) is 0 Å². The molecular weight excluding hydrogens is 148 g/mol. The lowest BCUT2D eigenvalue weighted by atomic mass is 10.2. The molecule has 1 heterocycles. The van der Waals surface area contributed by atoms with Crippen LogP contribution in [-0.4, -0.2) is 14.7 Å². The molecule has 0 amide bonds. The molecule has 1 aliphatic rings. The van der Waals surface area contributed by atoms with Gasteiger partial charge in [0.15, 0.2) is 0 Å². The average molecular weight is 156 g/mol. The van der Waals surface area contributed by atoms with Gasteiger partial charge in [0.05, 0.1) is 0 Å². The van der Waals surface area contributed by atoms with Crippen LogP contribution in [0.5, 0.6) is 0 Å². The number of nitrogens with zero attached hydrogens (tertiary/aromatic N) is 2. The molecular formula is C6H8N2OS. The topological polar surface area (TPSA) is 46.0 Å². The molecule has 1 aromatic rings. The maximum Gasteiger partial charge on any atom is 0.104 e. The molecule has 1 unspecified atom stereocenters. The first-order valence-electron chi connectivity index (χ1n) is 3.33. The fraction of sp³-hybridized carbons (Fsp3) is 0.667. The minimum atomic E-state index is -0.348. The third-order valence-electron chi connectivity index (χ3n) is 1.75. The Morgan fingerprint density at radius 1 is 1.70 bits per heavy atom. The number of aliphatic hydroxyl groups excluding tert-OH is 1. The second-order valence-corrected chi connectivity index (χ2v) is 3.22. The summed E-state index contributed by atoms with van der Waals surface area (Å²) in [6.07, 6.45) is 1.93. The van der Waals surface area contributed by atoms with Gasteiger partial charge in [-0.2, -0.15) is 0 Å². The van der Waals surface area contributed by atoms with Crippen LogP contribution >= 0.6 is 11.5 Å². The molecule has 0 radical (unpaired) electrons. The van der Waals surface area contributed by atoms with Crippen LogP contribution in [0.4, 0.5) is 0 Å². The van der Waals surface area contributed by atoms with E-state index in [0.717, 1.165) is 18.5 Å². The second kappa shape index (κ2) is 2.29. The molecule has 0 saturated heterocycles. The molecule has 54 valence electrons. The van der Waals surface area contributed by atoms with E-state index in [0.29, 0.717) is 5.92 Å². The number of aliphatic hydroxyl groups is 1. The normalized spacial score (nSPS) is 20.9. The van der Waals surface area contributed by atoms with Crippen molar-refractivity contribution in [1.82, 2.24) is 9.59 Å². The van der Waals surface area contributed by atoms with Crippen LogP contribution in [0, 0.1) is 5.92 Å². The van der Waals surface area contributed by atoms with Gasteiger partial charge in [-0.25, -0.2) is 0 Å². The lowest BCUT2D eigenvalue weighted by Gasteiger charge is -2.01. The Hall–Kier alpha value is -0.480. The highest BCUT2D eigenvalue weighted by molar-refractivity contribution is 7.03. The van der Waals surface area contributed by atoms with Gasteiger partial charge in [-0.1, -0.05) is 4.49 Å². The van der Waals surface area contributed by atoms with Gasteiger partial charge in [-0.15, -0.1) is 5.10 Å². The number of hydrogen-bond acceptors (Lipinski definition) is 4. The van der Waals surface area contributed by atoms with Crippen molar-refractivity contribution in [3.63, 3.8) is 0 Å².